The molecule has 1 N–H and O–H groups in total. The summed E-state index contributed by atoms with van der Waals surface area (Å²) < 4.78 is 1.45. The summed E-state index contributed by atoms with van der Waals surface area (Å²) in [4.78, 5) is 13.9. The molecule has 0 spiro atoms. The predicted molar refractivity (Wildman–Crippen MR) is 40.2 cm³/mol. The second-order valence-electron chi connectivity index (χ2n) is 1.87. The van der Waals surface area contributed by atoms with Gasteiger partial charge in [0.15, 0.2) is 5.82 Å². The number of halogens is 1. The molecule has 0 saturated carbocycles. The number of rotatable bonds is 3. The van der Waals surface area contributed by atoms with Crippen LogP contribution in [0.3, 0.4) is 0 Å². The van der Waals surface area contributed by atoms with Crippen molar-refractivity contribution >= 4 is 24.0 Å². The van der Waals surface area contributed by atoms with E-state index in [1.807, 2.05) is 0 Å². The van der Waals surface area contributed by atoms with E-state index in [4.69, 9.17) is 11.6 Å². The number of nitrogens with zero attached hydrogens (tertiary/aromatic N) is 3. The van der Waals surface area contributed by atoms with E-state index in [-0.39, 0.29) is 5.88 Å². The van der Waals surface area contributed by atoms with Crippen LogP contribution in [-0.2, 0) is 17.7 Å². The number of amides is 1. The van der Waals surface area contributed by atoms with Crippen molar-refractivity contribution in [3.63, 3.8) is 0 Å². The number of aromatic nitrogens is 3. The number of carbonyl (C=O) groups is 1. The average molecular weight is 175 g/mol. The Morgan fingerprint density at radius 1 is 1.82 bits per heavy atom. The number of nitrogens with one attached hydrogen (secondary N) is 1. The van der Waals surface area contributed by atoms with Crippen LogP contribution in [0.5, 0.6) is 0 Å². The Balaban J connectivity index is 2.87. The Hall–Kier alpha value is -1.10. The molecule has 0 saturated heterocycles. The molecule has 5 nitrogen and oxygen atoms in total. The first kappa shape index (κ1) is 8.00. The van der Waals surface area contributed by atoms with Gasteiger partial charge in [-0.15, -0.1) is 11.6 Å². The van der Waals surface area contributed by atoms with Gasteiger partial charge >= 0.3 is 0 Å². The maximum atomic E-state index is 10.00. The van der Waals surface area contributed by atoms with E-state index >= 15 is 0 Å². The molecule has 0 aromatic carbocycles. The zero-order valence-corrected chi connectivity index (χ0v) is 6.67. The van der Waals surface area contributed by atoms with Crippen LogP contribution >= 0.6 is 11.6 Å². The van der Waals surface area contributed by atoms with Crippen LogP contribution in [0.4, 0.5) is 5.95 Å². The van der Waals surface area contributed by atoms with Gasteiger partial charge in [0, 0.05) is 7.05 Å². The van der Waals surface area contributed by atoms with Crippen molar-refractivity contribution in [2.45, 2.75) is 5.88 Å². The Labute approximate surface area is 68.4 Å². The highest BCUT2D eigenvalue weighted by atomic mass is 35.5. The topological polar surface area (TPSA) is 59.8 Å². The van der Waals surface area contributed by atoms with Gasteiger partial charge in [-0.1, -0.05) is 0 Å². The van der Waals surface area contributed by atoms with Gasteiger partial charge in [0.25, 0.3) is 0 Å². The first-order chi connectivity index (χ1) is 5.27. The lowest BCUT2D eigenvalue weighted by molar-refractivity contribution is -0.105. The molecular formula is C5H7ClN4O. The van der Waals surface area contributed by atoms with Crippen LogP contribution in [0.1, 0.15) is 5.82 Å². The summed E-state index contributed by atoms with van der Waals surface area (Å²) in [6, 6.07) is 0. The molecule has 0 fully saturated rings. The molecule has 0 bridgehead atoms. The molecule has 0 aliphatic heterocycles. The number of hydrogen-bond acceptors (Lipinski definition) is 3. The fourth-order valence-corrected chi connectivity index (χ4v) is 0.786. The normalized spacial score (nSPS) is 9.64. The van der Waals surface area contributed by atoms with Crippen LogP contribution < -0.4 is 5.32 Å². The van der Waals surface area contributed by atoms with E-state index in [1.54, 1.807) is 7.05 Å². The fraction of sp³-hybridized carbons (Fsp3) is 0.400. The molecule has 0 unspecified atom stereocenters. The number of aryl methyl sites for hydroxylation is 1. The Kier molecular flexibility index (Phi) is 2.43. The van der Waals surface area contributed by atoms with Crippen LogP contribution in [0.25, 0.3) is 0 Å². The number of hydrogen-bond donors (Lipinski definition) is 1. The van der Waals surface area contributed by atoms with Crippen molar-refractivity contribution in [1.29, 1.82) is 0 Å². The van der Waals surface area contributed by atoms with Crippen LogP contribution in [0.15, 0.2) is 0 Å². The van der Waals surface area contributed by atoms with Gasteiger partial charge in [0.05, 0.1) is 5.88 Å². The van der Waals surface area contributed by atoms with Gasteiger partial charge in [0.1, 0.15) is 0 Å². The standard InChI is InChI=1S/C5H7ClN4O/c1-10-5(7-3-11)8-4(2-6)9-10/h3H,2H2,1H3,(H,7,8,9,11). The number of anilines is 1. The second kappa shape index (κ2) is 3.34. The number of carbonyl (C=O) groups excluding carboxylic acids is 1. The monoisotopic (exact) mass is 174 g/mol. The molecule has 0 aliphatic carbocycles. The smallest absolute Gasteiger partial charge is 0.227 e. The third-order valence-electron chi connectivity index (χ3n) is 1.11. The van der Waals surface area contributed by atoms with E-state index in [0.717, 1.165) is 0 Å². The summed E-state index contributed by atoms with van der Waals surface area (Å²) in [5, 5.41) is 6.28. The lowest BCUT2D eigenvalue weighted by atomic mass is 10.7. The van der Waals surface area contributed by atoms with Crippen molar-refractivity contribution in [3.8, 4) is 0 Å². The van der Waals surface area contributed by atoms with Gasteiger partial charge in [0.2, 0.25) is 12.4 Å². The fourth-order valence-electron chi connectivity index (χ4n) is 0.672. The molecule has 0 radical (unpaired) electrons. The predicted octanol–water partition coefficient (Wildman–Crippen LogP) is 0.122. The second-order valence-corrected chi connectivity index (χ2v) is 2.14. The van der Waals surface area contributed by atoms with Crippen molar-refractivity contribution < 1.29 is 4.79 Å². The minimum atomic E-state index is 0.244. The highest BCUT2D eigenvalue weighted by Crippen LogP contribution is 2.02. The van der Waals surface area contributed by atoms with Gasteiger partial charge in [-0.05, 0) is 0 Å². The molecule has 0 aliphatic rings. The van der Waals surface area contributed by atoms with E-state index in [9.17, 15) is 4.79 Å². The van der Waals surface area contributed by atoms with E-state index in [1.165, 1.54) is 4.68 Å². The summed E-state index contributed by atoms with van der Waals surface area (Å²) >= 11 is 5.46. The Bertz CT molecular complexity index is 259. The minimum Gasteiger partial charge on any atom is -0.297 e. The van der Waals surface area contributed by atoms with Crippen LogP contribution in [0.2, 0.25) is 0 Å². The summed E-state index contributed by atoms with van der Waals surface area (Å²) in [7, 11) is 1.68. The molecule has 1 aromatic rings. The molecule has 1 amide bonds. The molecule has 1 heterocycles. The SMILES string of the molecule is Cn1nc(CCl)nc1NC=O. The molecule has 11 heavy (non-hydrogen) atoms. The number of alkyl halides is 1. The van der Waals surface area contributed by atoms with Crippen molar-refractivity contribution in [1.82, 2.24) is 14.8 Å². The van der Waals surface area contributed by atoms with E-state index in [0.29, 0.717) is 18.2 Å². The third-order valence-corrected chi connectivity index (χ3v) is 1.35. The van der Waals surface area contributed by atoms with Crippen molar-refractivity contribution in [2.75, 3.05) is 5.32 Å². The zero-order chi connectivity index (χ0) is 8.27. The largest absolute Gasteiger partial charge is 0.297 e. The van der Waals surface area contributed by atoms with Gasteiger partial charge < -0.3 is 0 Å². The van der Waals surface area contributed by atoms with Gasteiger partial charge in [-0.25, -0.2) is 4.68 Å². The maximum Gasteiger partial charge on any atom is 0.227 e. The lowest BCUT2D eigenvalue weighted by Crippen LogP contribution is -2.02. The van der Waals surface area contributed by atoms with E-state index in [2.05, 4.69) is 15.4 Å². The van der Waals surface area contributed by atoms with Crippen molar-refractivity contribution in [3.05, 3.63) is 5.82 Å². The van der Waals surface area contributed by atoms with Crippen molar-refractivity contribution in [2.24, 2.45) is 7.05 Å². The van der Waals surface area contributed by atoms with E-state index < -0.39 is 0 Å². The van der Waals surface area contributed by atoms with Gasteiger partial charge in [-0.3, -0.25) is 10.1 Å². The first-order valence-electron chi connectivity index (χ1n) is 2.94. The Morgan fingerprint density at radius 2 is 2.55 bits per heavy atom. The van der Waals surface area contributed by atoms with Crippen LogP contribution in [-0.4, -0.2) is 21.2 Å². The quantitative estimate of drug-likeness (QED) is 0.523. The maximum absolute atomic E-state index is 10.00. The molecule has 0 atom stereocenters. The molecule has 1 rings (SSSR count). The average Bonchev–Trinajstić information content (AvgIpc) is 2.33. The highest BCUT2D eigenvalue weighted by Gasteiger charge is 2.03. The third kappa shape index (κ3) is 1.68. The molecule has 60 valence electrons. The zero-order valence-electron chi connectivity index (χ0n) is 5.91. The van der Waals surface area contributed by atoms with Crippen LogP contribution in [0, 0.1) is 0 Å². The lowest BCUT2D eigenvalue weighted by Gasteiger charge is -1.92. The summed E-state index contributed by atoms with van der Waals surface area (Å²) in [6.07, 6.45) is 0.544. The summed E-state index contributed by atoms with van der Waals surface area (Å²) in [6.45, 7) is 0. The molecular weight excluding hydrogens is 168 g/mol. The molecule has 1 aromatic heterocycles. The summed E-state index contributed by atoms with van der Waals surface area (Å²) in [5.41, 5.74) is 0. The van der Waals surface area contributed by atoms with Gasteiger partial charge in [-0.2, -0.15) is 10.1 Å². The molecule has 6 heteroatoms. The minimum absolute atomic E-state index is 0.244. The highest BCUT2D eigenvalue weighted by molar-refractivity contribution is 6.16. The Morgan fingerprint density at radius 3 is 3.00 bits per heavy atom. The first-order valence-corrected chi connectivity index (χ1v) is 3.47. The summed E-state index contributed by atoms with van der Waals surface area (Å²) in [5.74, 6) is 1.14.